The molecule has 0 aliphatic heterocycles. The number of benzene rings is 1. The van der Waals surface area contributed by atoms with E-state index in [9.17, 15) is 0 Å². The molecule has 1 rings (SSSR count). The Morgan fingerprint density at radius 1 is 1.27 bits per heavy atom. The molecule has 0 saturated carbocycles. The zero-order chi connectivity index (χ0) is 11.6. The molecule has 0 amide bonds. The van der Waals surface area contributed by atoms with Gasteiger partial charge in [0, 0.05) is 6.04 Å². The van der Waals surface area contributed by atoms with E-state index >= 15 is 0 Å². The normalized spacial score (nSPS) is 13.7. The quantitative estimate of drug-likeness (QED) is 0.799. The summed E-state index contributed by atoms with van der Waals surface area (Å²) in [5, 5.41) is 0. The molecule has 0 spiro atoms. The van der Waals surface area contributed by atoms with E-state index in [1.807, 2.05) is 13.0 Å². The van der Waals surface area contributed by atoms with Gasteiger partial charge >= 0.3 is 0 Å². The first-order chi connectivity index (χ1) is 6.79. The summed E-state index contributed by atoms with van der Waals surface area (Å²) in [6.45, 7) is 10.6. The van der Waals surface area contributed by atoms with E-state index in [-0.39, 0.29) is 6.04 Å². The number of hydrogen-bond donors (Lipinski definition) is 1. The smallest absolute Gasteiger partial charge is 0.242 e. The Morgan fingerprint density at radius 3 is 2.27 bits per heavy atom. The minimum absolute atomic E-state index is 0.0888. The lowest BCUT2D eigenvalue weighted by Crippen LogP contribution is -2.29. The molecule has 0 aromatic heterocycles. The van der Waals surface area contributed by atoms with Crippen LogP contribution in [0.5, 0.6) is 5.75 Å². The molecule has 0 bridgehead atoms. The Bertz CT molecular complexity index is 342. The van der Waals surface area contributed by atoms with Crippen LogP contribution in [0, 0.1) is 6.92 Å². The van der Waals surface area contributed by atoms with E-state index in [0.29, 0.717) is 0 Å². The second kappa shape index (κ2) is 4.37. The van der Waals surface area contributed by atoms with Crippen molar-refractivity contribution in [2.24, 2.45) is 5.73 Å². The van der Waals surface area contributed by atoms with Gasteiger partial charge in [-0.3, -0.25) is 0 Å². The lowest BCUT2D eigenvalue weighted by atomic mass is 10.0. The van der Waals surface area contributed by atoms with E-state index in [4.69, 9.17) is 10.2 Å². The van der Waals surface area contributed by atoms with Gasteiger partial charge in [0.1, 0.15) is 5.75 Å². The summed E-state index contributed by atoms with van der Waals surface area (Å²) >= 11 is 0. The molecule has 3 heteroatoms. The van der Waals surface area contributed by atoms with Gasteiger partial charge in [0.05, 0.1) is 0 Å². The molecule has 0 aliphatic carbocycles. The molecule has 0 radical (unpaired) electrons. The fourth-order valence-electron chi connectivity index (χ4n) is 1.58. The summed E-state index contributed by atoms with van der Waals surface area (Å²) in [6.07, 6.45) is 0. The highest BCUT2D eigenvalue weighted by molar-refractivity contribution is 6.70. The number of aryl methyl sites for hydroxylation is 1. The molecule has 1 aromatic carbocycles. The second-order valence-electron chi connectivity index (χ2n) is 5.02. The van der Waals surface area contributed by atoms with Gasteiger partial charge in [-0.2, -0.15) is 0 Å². The SMILES string of the molecule is Cc1cc(O[Si](C)(C)C)ccc1C(C)N. The maximum absolute atomic E-state index is 5.92. The highest BCUT2D eigenvalue weighted by Gasteiger charge is 2.16. The average Bonchev–Trinajstić information content (AvgIpc) is 1.99. The summed E-state index contributed by atoms with van der Waals surface area (Å²) in [5.41, 5.74) is 8.26. The first-order valence-corrected chi connectivity index (χ1v) is 8.75. The van der Waals surface area contributed by atoms with Crippen LogP contribution in [0.25, 0.3) is 0 Å². The van der Waals surface area contributed by atoms with E-state index in [2.05, 4.69) is 38.7 Å². The van der Waals surface area contributed by atoms with Crippen molar-refractivity contribution in [3.63, 3.8) is 0 Å². The molecule has 84 valence electrons. The fraction of sp³-hybridized carbons (Fsp3) is 0.500. The average molecular weight is 223 g/mol. The van der Waals surface area contributed by atoms with Gasteiger partial charge in [-0.25, -0.2) is 0 Å². The second-order valence-corrected chi connectivity index (χ2v) is 9.45. The van der Waals surface area contributed by atoms with Gasteiger partial charge in [0.2, 0.25) is 8.32 Å². The van der Waals surface area contributed by atoms with Crippen molar-refractivity contribution in [2.45, 2.75) is 39.5 Å². The minimum atomic E-state index is -1.50. The largest absolute Gasteiger partial charge is 0.544 e. The first kappa shape index (κ1) is 12.3. The molecular formula is C12H21NOSi. The Balaban J connectivity index is 2.92. The first-order valence-electron chi connectivity index (χ1n) is 5.35. The van der Waals surface area contributed by atoms with Crippen molar-refractivity contribution in [1.29, 1.82) is 0 Å². The molecule has 0 aliphatic rings. The van der Waals surface area contributed by atoms with Crippen LogP contribution in [-0.2, 0) is 0 Å². The van der Waals surface area contributed by atoms with Gasteiger partial charge < -0.3 is 10.2 Å². The lowest BCUT2D eigenvalue weighted by Gasteiger charge is -2.20. The Labute approximate surface area is 93.6 Å². The van der Waals surface area contributed by atoms with Crippen molar-refractivity contribution < 1.29 is 4.43 Å². The predicted octanol–water partition coefficient (Wildman–Crippen LogP) is 3.23. The van der Waals surface area contributed by atoms with Crippen LogP contribution in [0.4, 0.5) is 0 Å². The molecular weight excluding hydrogens is 202 g/mol. The zero-order valence-corrected chi connectivity index (χ0v) is 11.3. The number of nitrogens with two attached hydrogens (primary N) is 1. The molecule has 1 atom stereocenters. The molecule has 1 unspecified atom stereocenters. The maximum Gasteiger partial charge on any atom is 0.242 e. The summed E-state index contributed by atoms with van der Waals surface area (Å²) in [5.74, 6) is 0.969. The standard InChI is InChI=1S/C12H21NOSi/c1-9-8-11(14-15(3,4)5)6-7-12(9)10(2)13/h6-8,10H,13H2,1-5H3. The third-order valence-electron chi connectivity index (χ3n) is 2.16. The van der Waals surface area contributed by atoms with E-state index in [1.165, 1.54) is 11.1 Å². The molecule has 0 saturated heterocycles. The molecule has 2 N–H and O–H groups in total. The summed E-state index contributed by atoms with van der Waals surface area (Å²) in [7, 11) is -1.50. The third kappa shape index (κ3) is 3.68. The number of rotatable bonds is 3. The van der Waals surface area contributed by atoms with E-state index < -0.39 is 8.32 Å². The van der Waals surface area contributed by atoms with Crippen LogP contribution >= 0.6 is 0 Å². The Kier molecular flexibility index (Phi) is 3.57. The van der Waals surface area contributed by atoms with Crippen LogP contribution in [0.1, 0.15) is 24.1 Å². The molecule has 0 heterocycles. The van der Waals surface area contributed by atoms with Crippen LogP contribution in [-0.4, -0.2) is 8.32 Å². The maximum atomic E-state index is 5.92. The topological polar surface area (TPSA) is 35.2 Å². The summed E-state index contributed by atoms with van der Waals surface area (Å²) in [6, 6.07) is 6.25. The molecule has 15 heavy (non-hydrogen) atoms. The van der Waals surface area contributed by atoms with Gasteiger partial charge in [-0.05, 0) is 56.7 Å². The minimum Gasteiger partial charge on any atom is -0.544 e. The highest BCUT2D eigenvalue weighted by Crippen LogP contribution is 2.23. The van der Waals surface area contributed by atoms with Crippen LogP contribution in [0.2, 0.25) is 19.6 Å². The van der Waals surface area contributed by atoms with E-state index in [0.717, 1.165) is 5.75 Å². The van der Waals surface area contributed by atoms with Gasteiger partial charge in [0.25, 0.3) is 0 Å². The summed E-state index contributed by atoms with van der Waals surface area (Å²) in [4.78, 5) is 0. The Morgan fingerprint density at radius 2 is 1.87 bits per heavy atom. The van der Waals surface area contributed by atoms with Gasteiger partial charge in [-0.15, -0.1) is 0 Å². The van der Waals surface area contributed by atoms with Crippen LogP contribution in [0.3, 0.4) is 0 Å². The molecule has 2 nitrogen and oxygen atoms in total. The van der Waals surface area contributed by atoms with Crippen molar-refractivity contribution in [3.05, 3.63) is 29.3 Å². The summed E-state index contributed by atoms with van der Waals surface area (Å²) < 4.78 is 5.92. The third-order valence-corrected chi connectivity index (χ3v) is 3.00. The van der Waals surface area contributed by atoms with Gasteiger partial charge in [-0.1, -0.05) is 6.07 Å². The monoisotopic (exact) mass is 223 g/mol. The molecule has 0 fully saturated rings. The van der Waals surface area contributed by atoms with Crippen LogP contribution < -0.4 is 10.2 Å². The van der Waals surface area contributed by atoms with Crippen LogP contribution in [0.15, 0.2) is 18.2 Å². The lowest BCUT2D eigenvalue weighted by molar-refractivity contribution is 0.556. The fourth-order valence-corrected chi connectivity index (χ4v) is 2.41. The van der Waals surface area contributed by atoms with Crippen molar-refractivity contribution in [3.8, 4) is 5.75 Å². The predicted molar refractivity (Wildman–Crippen MR) is 67.8 cm³/mol. The van der Waals surface area contributed by atoms with Crippen molar-refractivity contribution >= 4 is 8.32 Å². The zero-order valence-electron chi connectivity index (χ0n) is 10.3. The van der Waals surface area contributed by atoms with Crippen molar-refractivity contribution in [2.75, 3.05) is 0 Å². The Hall–Kier alpha value is -0.803. The van der Waals surface area contributed by atoms with Crippen molar-refractivity contribution in [1.82, 2.24) is 0 Å². The highest BCUT2D eigenvalue weighted by atomic mass is 28.4. The van der Waals surface area contributed by atoms with Gasteiger partial charge in [0.15, 0.2) is 0 Å². The number of hydrogen-bond acceptors (Lipinski definition) is 2. The van der Waals surface area contributed by atoms with E-state index in [1.54, 1.807) is 0 Å². The molecule has 1 aromatic rings.